The molecule has 11 heteroatoms. The molecule has 0 saturated carbocycles. The highest BCUT2D eigenvalue weighted by Crippen LogP contribution is 2.28. The van der Waals surface area contributed by atoms with Gasteiger partial charge in [-0.1, -0.05) is 32.4 Å². The predicted octanol–water partition coefficient (Wildman–Crippen LogP) is 5.24. The van der Waals surface area contributed by atoms with Crippen LogP contribution in [-0.2, 0) is 28.7 Å². The van der Waals surface area contributed by atoms with Crippen LogP contribution in [0.15, 0.2) is 34.4 Å². The molecule has 0 aromatic carbocycles. The number of allylic oxidation sites excluding steroid dienone is 4. The van der Waals surface area contributed by atoms with Gasteiger partial charge < -0.3 is 25.6 Å². The van der Waals surface area contributed by atoms with Gasteiger partial charge in [0.25, 0.3) is 0 Å². The van der Waals surface area contributed by atoms with Crippen molar-refractivity contribution >= 4 is 35.4 Å². The van der Waals surface area contributed by atoms with Crippen molar-refractivity contribution in [2.24, 2.45) is 5.92 Å². The Morgan fingerprint density at radius 3 is 2.17 bits per heavy atom. The van der Waals surface area contributed by atoms with Crippen molar-refractivity contribution in [1.82, 2.24) is 20.9 Å². The third kappa shape index (κ3) is 12.4. The number of ether oxygens (including phenoxy) is 1. The Kier molecular flexibility index (Phi) is 15.3. The Bertz CT molecular complexity index is 1320. The number of unbranched alkanes of at least 4 members (excludes halogenated alkanes) is 1. The van der Waals surface area contributed by atoms with E-state index in [1.807, 2.05) is 27.7 Å². The Hall–Kier alpha value is -3.76. The van der Waals surface area contributed by atoms with E-state index in [0.29, 0.717) is 79.7 Å². The number of rotatable bonds is 15. The van der Waals surface area contributed by atoms with Gasteiger partial charge in [-0.15, -0.1) is 0 Å². The highest BCUT2D eigenvalue weighted by atomic mass is 16.6. The van der Waals surface area contributed by atoms with Crippen molar-refractivity contribution in [3.05, 3.63) is 34.4 Å². The minimum atomic E-state index is -0.810. The molecule has 3 atom stereocenters. The molecule has 0 spiro atoms. The summed E-state index contributed by atoms with van der Waals surface area (Å²) in [5, 5.41) is 8.63. The maximum absolute atomic E-state index is 13.5. The molecule has 48 heavy (non-hydrogen) atoms. The van der Waals surface area contributed by atoms with Gasteiger partial charge in [-0.3, -0.25) is 24.0 Å². The molecule has 2 rings (SSSR count). The topological polar surface area (TPSA) is 151 Å². The number of Topliss-reactive ketones (excluding diaryl/α,β-unsaturated/α-hetero) is 2. The Morgan fingerprint density at radius 2 is 1.56 bits per heavy atom. The van der Waals surface area contributed by atoms with Gasteiger partial charge in [-0.05, 0) is 99.8 Å². The zero-order valence-electron chi connectivity index (χ0n) is 30.7. The lowest BCUT2D eigenvalue weighted by molar-refractivity contribution is -0.139. The van der Waals surface area contributed by atoms with Crippen molar-refractivity contribution in [3.8, 4) is 0 Å². The minimum absolute atomic E-state index is 0.0658. The summed E-state index contributed by atoms with van der Waals surface area (Å²) in [5.41, 5.74) is 1.31. The molecule has 0 bridgehead atoms. The standard InChI is InChI=1S/C37H58N4O7/c1-22(2)21-27(39-36(47)48-37(8,9)10)15-13-19-31(42)41-20-14-18-30(41)35(46)40-29(34(45)38-23(3)4)17-12-11-16-28-26(7)32(43)24(5)25(6)33(28)44/h13,15,22-23,27,29-30H,11-12,14,16-21H2,1-10H3,(H,38,45)(H,39,47)(H,40,46)/b15-13+/t27-,29+,30+/m1/s1. The van der Waals surface area contributed by atoms with Gasteiger partial charge in [0.2, 0.25) is 17.7 Å². The first-order valence-corrected chi connectivity index (χ1v) is 17.3. The maximum Gasteiger partial charge on any atom is 0.408 e. The smallest absolute Gasteiger partial charge is 0.408 e. The number of ketones is 2. The fourth-order valence-electron chi connectivity index (χ4n) is 5.97. The maximum atomic E-state index is 13.5. The van der Waals surface area contributed by atoms with E-state index in [-0.39, 0.29) is 47.8 Å². The van der Waals surface area contributed by atoms with Gasteiger partial charge in [0, 0.05) is 41.3 Å². The molecule has 0 unspecified atom stereocenters. The zero-order chi connectivity index (χ0) is 36.3. The van der Waals surface area contributed by atoms with Crippen molar-refractivity contribution in [1.29, 1.82) is 0 Å². The molecule has 3 N–H and O–H groups in total. The third-order valence-corrected chi connectivity index (χ3v) is 8.51. The Balaban J connectivity index is 2.04. The average Bonchev–Trinajstić information content (AvgIpc) is 3.46. The van der Waals surface area contributed by atoms with E-state index in [4.69, 9.17) is 4.74 Å². The van der Waals surface area contributed by atoms with Gasteiger partial charge in [0.15, 0.2) is 11.6 Å². The Morgan fingerprint density at radius 1 is 0.917 bits per heavy atom. The number of nitrogens with one attached hydrogen (secondary N) is 3. The van der Waals surface area contributed by atoms with E-state index in [2.05, 4.69) is 16.0 Å². The SMILES string of the molecule is CC1=C(C)C(=O)C(CCCC[C@H](NC(=O)[C@@H]2CCCN2C(=O)C/C=C/[C@H](CC(C)C)NC(=O)OC(C)(C)C)C(=O)NC(C)C)=C(C)C1=O. The fourth-order valence-corrected chi connectivity index (χ4v) is 5.97. The lowest BCUT2D eigenvalue weighted by Crippen LogP contribution is -2.53. The lowest BCUT2D eigenvalue weighted by Gasteiger charge is -2.27. The highest BCUT2D eigenvalue weighted by molar-refractivity contribution is 6.24. The molecular formula is C37H58N4O7. The van der Waals surface area contributed by atoms with Crippen molar-refractivity contribution in [3.63, 3.8) is 0 Å². The molecule has 268 valence electrons. The zero-order valence-corrected chi connectivity index (χ0v) is 30.7. The number of amides is 4. The summed E-state index contributed by atoms with van der Waals surface area (Å²) in [6.45, 7) is 18.6. The summed E-state index contributed by atoms with van der Waals surface area (Å²) in [5.74, 6) is -0.809. The average molecular weight is 671 g/mol. The van der Waals surface area contributed by atoms with Crippen LogP contribution in [0, 0.1) is 5.92 Å². The fraction of sp³-hybridized carbons (Fsp3) is 0.676. The molecular weight excluding hydrogens is 612 g/mol. The first-order chi connectivity index (χ1) is 22.3. The van der Waals surface area contributed by atoms with Crippen LogP contribution in [0.2, 0.25) is 0 Å². The summed E-state index contributed by atoms with van der Waals surface area (Å²) in [6, 6.07) is -1.94. The van der Waals surface area contributed by atoms with Crippen LogP contribution in [0.4, 0.5) is 4.79 Å². The van der Waals surface area contributed by atoms with Crippen LogP contribution in [0.1, 0.15) is 121 Å². The first-order valence-electron chi connectivity index (χ1n) is 17.3. The number of hydrogen-bond donors (Lipinski definition) is 3. The van der Waals surface area contributed by atoms with Gasteiger partial charge in [0.05, 0.1) is 6.04 Å². The lowest BCUT2D eigenvalue weighted by atomic mass is 9.84. The third-order valence-electron chi connectivity index (χ3n) is 8.51. The van der Waals surface area contributed by atoms with Crippen molar-refractivity contribution < 1.29 is 33.5 Å². The van der Waals surface area contributed by atoms with E-state index >= 15 is 0 Å². The molecule has 0 aromatic rings. The second kappa shape index (κ2) is 18.1. The van der Waals surface area contributed by atoms with Gasteiger partial charge >= 0.3 is 6.09 Å². The van der Waals surface area contributed by atoms with E-state index in [1.54, 1.807) is 58.6 Å². The van der Waals surface area contributed by atoms with E-state index < -0.39 is 23.8 Å². The first kappa shape index (κ1) is 40.4. The van der Waals surface area contributed by atoms with Gasteiger partial charge in [-0.2, -0.15) is 0 Å². The summed E-state index contributed by atoms with van der Waals surface area (Å²) < 4.78 is 5.39. The summed E-state index contributed by atoms with van der Waals surface area (Å²) in [4.78, 5) is 79.1. The summed E-state index contributed by atoms with van der Waals surface area (Å²) in [7, 11) is 0. The highest BCUT2D eigenvalue weighted by Gasteiger charge is 2.35. The van der Waals surface area contributed by atoms with Gasteiger partial charge in [-0.25, -0.2) is 4.79 Å². The minimum Gasteiger partial charge on any atom is -0.444 e. The second-order valence-corrected chi connectivity index (χ2v) is 14.7. The molecule has 1 heterocycles. The van der Waals surface area contributed by atoms with Crippen LogP contribution >= 0.6 is 0 Å². The van der Waals surface area contributed by atoms with E-state index in [0.717, 1.165) is 0 Å². The van der Waals surface area contributed by atoms with Crippen molar-refractivity contribution in [2.75, 3.05) is 6.54 Å². The van der Waals surface area contributed by atoms with Crippen LogP contribution < -0.4 is 16.0 Å². The quantitative estimate of drug-likeness (QED) is 0.123. The molecule has 4 amide bonds. The second-order valence-electron chi connectivity index (χ2n) is 14.7. The number of carbonyl (C=O) groups excluding carboxylic acids is 6. The molecule has 11 nitrogen and oxygen atoms in total. The van der Waals surface area contributed by atoms with Crippen molar-refractivity contribution in [2.45, 2.75) is 150 Å². The molecule has 0 radical (unpaired) electrons. The normalized spacial score (nSPS) is 18.6. The molecule has 1 fully saturated rings. The summed E-state index contributed by atoms with van der Waals surface area (Å²) >= 11 is 0. The Labute approximate surface area is 286 Å². The molecule has 0 aromatic heterocycles. The van der Waals surface area contributed by atoms with Crippen LogP contribution in [0.3, 0.4) is 0 Å². The number of likely N-dealkylation sites (tertiary alicyclic amines) is 1. The number of alkyl carbamates (subject to hydrolysis) is 1. The molecule has 1 aliphatic heterocycles. The molecule has 2 aliphatic rings. The largest absolute Gasteiger partial charge is 0.444 e. The van der Waals surface area contributed by atoms with Crippen LogP contribution in [0.25, 0.3) is 0 Å². The number of nitrogens with zero attached hydrogens (tertiary/aromatic N) is 1. The van der Waals surface area contributed by atoms with Gasteiger partial charge in [0.1, 0.15) is 17.7 Å². The van der Waals surface area contributed by atoms with E-state index in [1.165, 1.54) is 0 Å². The number of hydrogen-bond acceptors (Lipinski definition) is 7. The van der Waals surface area contributed by atoms with Crippen LogP contribution in [-0.4, -0.2) is 76.6 Å². The monoisotopic (exact) mass is 670 g/mol. The summed E-state index contributed by atoms with van der Waals surface area (Å²) in [6.07, 6.45) is 6.76. The molecule has 1 saturated heterocycles. The van der Waals surface area contributed by atoms with Crippen LogP contribution in [0.5, 0.6) is 0 Å². The van der Waals surface area contributed by atoms with E-state index in [9.17, 15) is 28.8 Å². The number of carbonyl (C=O) groups is 6. The predicted molar refractivity (Wildman–Crippen MR) is 186 cm³/mol. The molecule has 1 aliphatic carbocycles.